The van der Waals surface area contributed by atoms with Crippen molar-refractivity contribution in [3.05, 3.63) is 42.0 Å². The summed E-state index contributed by atoms with van der Waals surface area (Å²) in [5.41, 5.74) is 3.25. The third kappa shape index (κ3) is 2.96. The molecule has 2 saturated carbocycles. The molecule has 0 spiro atoms. The molecule has 0 aromatic rings. The van der Waals surface area contributed by atoms with Crippen LogP contribution in [0.2, 0.25) is 0 Å². The molecule has 0 radical (unpaired) electrons. The Morgan fingerprint density at radius 3 is 1.56 bits per heavy atom. The molecule has 25 heavy (non-hydrogen) atoms. The number of rotatable bonds is 2. The van der Waals surface area contributed by atoms with Crippen LogP contribution in [0, 0.1) is 35.5 Å². The zero-order valence-corrected chi connectivity index (χ0v) is 19.8. The molecule has 0 aromatic heterocycles. The average Bonchev–Trinajstić information content (AvgIpc) is 3.04. The van der Waals surface area contributed by atoms with Gasteiger partial charge in [0.2, 0.25) is 0 Å². The van der Waals surface area contributed by atoms with Gasteiger partial charge in [0, 0.05) is 0 Å². The molecule has 0 saturated heterocycles. The minimum absolute atomic E-state index is 0.641. The molecule has 0 bridgehead atoms. The molecule has 0 nitrogen and oxygen atoms in total. The molecule has 0 aliphatic heterocycles. The van der Waals surface area contributed by atoms with Gasteiger partial charge in [-0.2, -0.15) is 0 Å². The molecule has 4 aliphatic rings. The predicted molar refractivity (Wildman–Crippen MR) is 106 cm³/mol. The van der Waals surface area contributed by atoms with Crippen molar-refractivity contribution in [3.63, 3.8) is 0 Å². The summed E-state index contributed by atoms with van der Waals surface area (Å²) in [6.07, 6.45) is 14.3. The Kier molecular flexibility index (Phi) is 5.10. The quantitative estimate of drug-likeness (QED) is 0.404. The predicted octanol–water partition coefficient (Wildman–Crippen LogP) is 7.46. The van der Waals surface area contributed by atoms with Gasteiger partial charge >= 0.3 is 166 Å². The Morgan fingerprint density at radius 2 is 1.16 bits per heavy atom. The summed E-state index contributed by atoms with van der Waals surface area (Å²) in [6, 6.07) is 0. The molecule has 3 heteroatoms. The zero-order valence-electron chi connectivity index (χ0n) is 15.9. The van der Waals surface area contributed by atoms with Crippen molar-refractivity contribution < 1.29 is 17.9 Å². The first-order chi connectivity index (χ1) is 11.8. The standard InChI is InChI=1S/2C11H15.2ClH.Zr/c2*1-8-7-9(2)11-6-4-3-5-10(8)11;;;/h2*3-4,8-10H,5,7H2,1-2H3;2*1H;/q;;;;+2/p-2. The van der Waals surface area contributed by atoms with Crippen molar-refractivity contribution in [2.24, 2.45) is 35.5 Å². The monoisotopic (exact) mass is 454 g/mol. The summed E-state index contributed by atoms with van der Waals surface area (Å²) in [5, 5.41) is 0. The van der Waals surface area contributed by atoms with Crippen LogP contribution in [-0.2, 0) is 17.9 Å². The van der Waals surface area contributed by atoms with Crippen molar-refractivity contribution in [3.8, 4) is 0 Å². The average molecular weight is 457 g/mol. The molecule has 0 heterocycles. The Bertz CT molecular complexity index is 639. The Balaban J connectivity index is 1.84. The van der Waals surface area contributed by atoms with Crippen LogP contribution in [-0.4, -0.2) is 0 Å². The van der Waals surface area contributed by atoms with Gasteiger partial charge in [0.15, 0.2) is 0 Å². The van der Waals surface area contributed by atoms with Gasteiger partial charge in [-0.1, -0.05) is 0 Å². The van der Waals surface area contributed by atoms with Crippen LogP contribution in [0.25, 0.3) is 0 Å². The van der Waals surface area contributed by atoms with E-state index in [4.69, 9.17) is 17.0 Å². The van der Waals surface area contributed by atoms with E-state index >= 15 is 0 Å². The van der Waals surface area contributed by atoms with Gasteiger partial charge in [0.05, 0.1) is 0 Å². The van der Waals surface area contributed by atoms with Crippen molar-refractivity contribution in [1.82, 2.24) is 0 Å². The second kappa shape index (κ2) is 6.79. The van der Waals surface area contributed by atoms with Crippen LogP contribution in [0.1, 0.15) is 53.4 Å². The first-order valence-corrected chi connectivity index (χ1v) is 18.8. The number of hydrogen-bond acceptors (Lipinski definition) is 0. The maximum absolute atomic E-state index is 7.41. The van der Waals surface area contributed by atoms with E-state index in [0.717, 1.165) is 11.8 Å². The minimum atomic E-state index is -3.59. The Labute approximate surface area is 164 Å². The Hall–Kier alpha value is 0.423. The van der Waals surface area contributed by atoms with E-state index in [1.807, 2.05) is 0 Å². The number of fused-ring (bicyclic) bond motifs is 2. The summed E-state index contributed by atoms with van der Waals surface area (Å²) < 4.78 is 2.79. The fourth-order valence-electron chi connectivity index (χ4n) is 6.27. The third-order valence-electron chi connectivity index (χ3n) is 7.33. The summed E-state index contributed by atoms with van der Waals surface area (Å²) in [6.45, 7) is 9.59. The maximum atomic E-state index is 7.41. The molecule has 4 aliphatic carbocycles. The molecule has 2 fully saturated rings. The SMILES string of the molecule is CC1CC(C)C2CC=C[C]([Zr]([Cl])([Cl])[C]3=C4C(C)CC(C)C4CC=C3)=C12. The second-order valence-electron chi connectivity index (χ2n) is 9.03. The van der Waals surface area contributed by atoms with E-state index in [9.17, 15) is 0 Å². The molecule has 0 aromatic carbocycles. The topological polar surface area (TPSA) is 0 Å². The van der Waals surface area contributed by atoms with Gasteiger partial charge in [-0.15, -0.1) is 0 Å². The summed E-state index contributed by atoms with van der Waals surface area (Å²) in [5.74, 6) is 4.16. The molecule has 136 valence electrons. The molecule has 0 amide bonds. The van der Waals surface area contributed by atoms with Gasteiger partial charge in [0.25, 0.3) is 0 Å². The number of allylic oxidation sites excluding steroid dienone is 8. The van der Waals surface area contributed by atoms with Crippen LogP contribution in [0.4, 0.5) is 0 Å². The molecular formula is C22H30Cl2Zr. The van der Waals surface area contributed by atoms with E-state index in [0.29, 0.717) is 23.7 Å². The van der Waals surface area contributed by atoms with Crippen LogP contribution in [0.3, 0.4) is 0 Å². The summed E-state index contributed by atoms with van der Waals surface area (Å²) in [4.78, 5) is 0. The van der Waals surface area contributed by atoms with Crippen molar-refractivity contribution in [2.45, 2.75) is 53.4 Å². The number of halogens is 2. The van der Waals surface area contributed by atoms with Gasteiger partial charge in [0.1, 0.15) is 0 Å². The molecule has 6 unspecified atom stereocenters. The molecule has 4 rings (SSSR count). The van der Waals surface area contributed by atoms with E-state index in [1.54, 1.807) is 11.1 Å². The van der Waals surface area contributed by atoms with Crippen LogP contribution in [0.15, 0.2) is 42.0 Å². The fraction of sp³-hybridized carbons (Fsp3) is 0.636. The zero-order chi connectivity index (χ0) is 17.9. The van der Waals surface area contributed by atoms with Crippen molar-refractivity contribution >= 4 is 17.0 Å². The van der Waals surface area contributed by atoms with Crippen LogP contribution in [0.5, 0.6) is 0 Å². The molecule has 6 atom stereocenters. The van der Waals surface area contributed by atoms with Crippen molar-refractivity contribution in [1.29, 1.82) is 0 Å². The first-order valence-electron chi connectivity index (χ1n) is 10.0. The molecular weight excluding hydrogens is 426 g/mol. The molecule has 0 N–H and O–H groups in total. The van der Waals surface area contributed by atoms with Gasteiger partial charge in [-0.25, -0.2) is 0 Å². The van der Waals surface area contributed by atoms with Crippen molar-refractivity contribution in [2.75, 3.05) is 0 Å². The van der Waals surface area contributed by atoms with Gasteiger partial charge in [-0.05, 0) is 0 Å². The second-order valence-corrected chi connectivity index (χ2v) is 22.4. The van der Waals surface area contributed by atoms with Gasteiger partial charge < -0.3 is 0 Å². The van der Waals surface area contributed by atoms with E-state index < -0.39 is 17.9 Å². The summed E-state index contributed by atoms with van der Waals surface area (Å²) >= 11 is -3.59. The van der Waals surface area contributed by atoms with E-state index in [-0.39, 0.29) is 0 Å². The Morgan fingerprint density at radius 1 is 0.760 bits per heavy atom. The van der Waals surface area contributed by atoms with E-state index in [2.05, 4.69) is 52.0 Å². The first kappa shape index (κ1) is 18.8. The third-order valence-corrected chi connectivity index (χ3v) is 17.7. The van der Waals surface area contributed by atoms with E-state index in [1.165, 1.54) is 32.2 Å². The van der Waals surface area contributed by atoms with Crippen LogP contribution < -0.4 is 0 Å². The normalized spacial score (nSPS) is 40.7. The number of hydrogen-bond donors (Lipinski definition) is 0. The van der Waals surface area contributed by atoms with Gasteiger partial charge in [-0.3, -0.25) is 0 Å². The summed E-state index contributed by atoms with van der Waals surface area (Å²) in [7, 11) is 14.8. The fourth-order valence-corrected chi connectivity index (χ4v) is 16.6. The van der Waals surface area contributed by atoms with Crippen LogP contribution >= 0.6 is 17.0 Å².